The molecule has 1 aromatic rings. The van der Waals surface area contributed by atoms with Crippen LogP contribution in [0.25, 0.3) is 5.57 Å². The van der Waals surface area contributed by atoms with Crippen molar-refractivity contribution in [3.63, 3.8) is 0 Å². The molecule has 0 nitrogen and oxygen atoms in total. The monoisotopic (exact) mass is 202 g/mol. The maximum Gasteiger partial charge on any atom is 0.0776 e. The summed E-state index contributed by atoms with van der Waals surface area (Å²) < 4.78 is 0. The van der Waals surface area contributed by atoms with Gasteiger partial charge in [-0.05, 0) is 11.1 Å². The summed E-state index contributed by atoms with van der Waals surface area (Å²) in [5.74, 6) is 0. The summed E-state index contributed by atoms with van der Waals surface area (Å²) in [7, 11) is -1.30. The van der Waals surface area contributed by atoms with Crippen LogP contribution in [0.1, 0.15) is 5.56 Å². The third-order valence-corrected chi connectivity index (χ3v) is 4.50. The number of hydrogen-bond donors (Lipinski definition) is 0. The summed E-state index contributed by atoms with van der Waals surface area (Å²) >= 11 is 0. The maximum absolute atomic E-state index is 4.16. The van der Waals surface area contributed by atoms with Gasteiger partial charge in [-0.25, -0.2) is 0 Å². The molecule has 0 amide bonds. The van der Waals surface area contributed by atoms with Crippen LogP contribution < -0.4 is 0 Å². The Morgan fingerprint density at radius 2 is 1.50 bits per heavy atom. The lowest BCUT2D eigenvalue weighted by molar-refractivity contribution is 1.59. The highest BCUT2D eigenvalue weighted by Crippen LogP contribution is 2.26. The van der Waals surface area contributed by atoms with Crippen LogP contribution in [0.4, 0.5) is 0 Å². The summed E-state index contributed by atoms with van der Waals surface area (Å²) in [5.41, 5.74) is 2.30. The molecule has 0 heterocycles. The fraction of sp³-hybridized carbons (Fsp3) is 0.231. The van der Waals surface area contributed by atoms with E-state index < -0.39 is 8.07 Å². The van der Waals surface area contributed by atoms with Crippen molar-refractivity contribution in [3.8, 4) is 0 Å². The van der Waals surface area contributed by atoms with Crippen LogP contribution in [0.5, 0.6) is 0 Å². The molecule has 1 rings (SSSR count). The third-order valence-electron chi connectivity index (χ3n) is 2.39. The van der Waals surface area contributed by atoms with Gasteiger partial charge in [-0.15, -0.1) is 0 Å². The Hall–Kier alpha value is -1.08. The average molecular weight is 202 g/mol. The molecule has 1 heteroatoms. The summed E-state index contributed by atoms with van der Waals surface area (Å²) in [6.07, 6.45) is 0. The first-order chi connectivity index (χ1) is 6.43. The molecular weight excluding hydrogens is 184 g/mol. The van der Waals surface area contributed by atoms with Gasteiger partial charge in [-0.3, -0.25) is 0 Å². The minimum Gasteiger partial charge on any atom is -0.0992 e. The van der Waals surface area contributed by atoms with Crippen LogP contribution in [-0.4, -0.2) is 8.07 Å². The zero-order valence-corrected chi connectivity index (χ0v) is 10.3. The lowest BCUT2D eigenvalue weighted by Crippen LogP contribution is -2.23. The van der Waals surface area contributed by atoms with E-state index in [1.54, 1.807) is 0 Å². The molecule has 0 aliphatic heterocycles. The number of benzene rings is 1. The first kappa shape index (κ1) is 11.0. The van der Waals surface area contributed by atoms with Crippen molar-refractivity contribution in [2.45, 2.75) is 19.6 Å². The van der Waals surface area contributed by atoms with Crippen molar-refractivity contribution in [1.82, 2.24) is 0 Å². The van der Waals surface area contributed by atoms with Crippen molar-refractivity contribution < 1.29 is 0 Å². The van der Waals surface area contributed by atoms with E-state index in [1.807, 2.05) is 18.2 Å². The molecule has 0 aromatic heterocycles. The highest BCUT2D eigenvalue weighted by molar-refractivity contribution is 6.85. The minimum absolute atomic E-state index is 1.10. The minimum atomic E-state index is -1.30. The molecule has 14 heavy (non-hydrogen) atoms. The first-order valence-electron chi connectivity index (χ1n) is 4.87. The van der Waals surface area contributed by atoms with Gasteiger partial charge in [0.25, 0.3) is 0 Å². The largest absolute Gasteiger partial charge is 0.0992 e. The Bertz CT molecular complexity index is 341. The standard InChI is InChI=1S/C13H18Si/c1-11(12(2)14(3,4)5)13-9-7-6-8-10-13/h6-10H,1-2H2,3-5H3. The van der Waals surface area contributed by atoms with E-state index in [1.165, 1.54) is 10.8 Å². The highest BCUT2D eigenvalue weighted by atomic mass is 28.3. The molecule has 0 bridgehead atoms. The molecule has 0 unspecified atom stereocenters. The van der Waals surface area contributed by atoms with Gasteiger partial charge in [0.1, 0.15) is 0 Å². The smallest absolute Gasteiger partial charge is 0.0776 e. The lowest BCUT2D eigenvalue weighted by Gasteiger charge is -2.21. The van der Waals surface area contributed by atoms with Gasteiger partial charge in [0, 0.05) is 0 Å². The SMILES string of the molecule is C=C(C(=C)[Si](C)(C)C)c1ccccc1. The highest BCUT2D eigenvalue weighted by Gasteiger charge is 2.20. The molecule has 0 saturated carbocycles. The molecule has 1 aromatic carbocycles. The first-order valence-corrected chi connectivity index (χ1v) is 8.37. The maximum atomic E-state index is 4.16. The summed E-state index contributed by atoms with van der Waals surface area (Å²) in [4.78, 5) is 0. The number of allylic oxidation sites excluding steroid dienone is 2. The molecule has 0 radical (unpaired) electrons. The fourth-order valence-corrected chi connectivity index (χ4v) is 2.32. The van der Waals surface area contributed by atoms with Crippen molar-refractivity contribution in [2.75, 3.05) is 0 Å². The van der Waals surface area contributed by atoms with E-state index in [0.717, 1.165) is 5.57 Å². The van der Waals surface area contributed by atoms with E-state index in [9.17, 15) is 0 Å². The van der Waals surface area contributed by atoms with E-state index in [2.05, 4.69) is 44.9 Å². The van der Waals surface area contributed by atoms with E-state index in [4.69, 9.17) is 0 Å². The van der Waals surface area contributed by atoms with Gasteiger partial charge in [-0.2, -0.15) is 0 Å². The van der Waals surface area contributed by atoms with Crippen LogP contribution in [-0.2, 0) is 0 Å². The Morgan fingerprint density at radius 3 is 1.93 bits per heavy atom. The zero-order valence-electron chi connectivity index (χ0n) is 9.30. The topological polar surface area (TPSA) is 0 Å². The third kappa shape index (κ3) is 2.45. The van der Waals surface area contributed by atoms with Crippen LogP contribution in [0.15, 0.2) is 48.7 Å². The van der Waals surface area contributed by atoms with E-state index >= 15 is 0 Å². The molecule has 0 atom stereocenters. The van der Waals surface area contributed by atoms with Crippen LogP contribution >= 0.6 is 0 Å². The summed E-state index contributed by atoms with van der Waals surface area (Å²) in [6, 6.07) is 10.3. The molecule has 74 valence electrons. The van der Waals surface area contributed by atoms with Gasteiger partial charge in [0.15, 0.2) is 0 Å². The van der Waals surface area contributed by atoms with Crippen LogP contribution in [0.3, 0.4) is 0 Å². The Morgan fingerprint density at radius 1 is 1.00 bits per heavy atom. The van der Waals surface area contributed by atoms with Gasteiger partial charge >= 0.3 is 0 Å². The van der Waals surface area contributed by atoms with Gasteiger partial charge < -0.3 is 0 Å². The second kappa shape index (κ2) is 3.97. The molecule has 0 N–H and O–H groups in total. The molecular formula is C13H18Si. The van der Waals surface area contributed by atoms with Crippen molar-refractivity contribution in [1.29, 1.82) is 0 Å². The second-order valence-corrected chi connectivity index (χ2v) is 9.68. The van der Waals surface area contributed by atoms with Crippen molar-refractivity contribution >= 4 is 13.6 Å². The molecule has 0 spiro atoms. The number of rotatable bonds is 3. The Kier molecular flexibility index (Phi) is 3.12. The lowest BCUT2D eigenvalue weighted by atomic mass is 10.1. The zero-order chi connectivity index (χ0) is 10.8. The average Bonchev–Trinajstić information content (AvgIpc) is 2.15. The Labute approximate surface area is 88.0 Å². The predicted molar refractivity (Wildman–Crippen MR) is 68.0 cm³/mol. The van der Waals surface area contributed by atoms with E-state index in [-0.39, 0.29) is 0 Å². The normalized spacial score (nSPS) is 11.1. The predicted octanol–water partition coefficient (Wildman–Crippen LogP) is 4.13. The second-order valence-electron chi connectivity index (χ2n) is 4.57. The summed E-state index contributed by atoms with van der Waals surface area (Å²) in [5, 5.41) is 1.24. The number of hydrogen-bond acceptors (Lipinski definition) is 0. The van der Waals surface area contributed by atoms with Crippen LogP contribution in [0.2, 0.25) is 19.6 Å². The molecule has 0 aliphatic rings. The molecule has 0 saturated heterocycles. The fourth-order valence-electron chi connectivity index (χ4n) is 1.27. The molecule has 0 aliphatic carbocycles. The Balaban J connectivity index is 2.93. The van der Waals surface area contributed by atoms with Gasteiger partial charge in [0.2, 0.25) is 0 Å². The quantitative estimate of drug-likeness (QED) is 0.510. The molecule has 0 fully saturated rings. The van der Waals surface area contributed by atoms with Crippen LogP contribution in [0, 0.1) is 0 Å². The van der Waals surface area contributed by atoms with Gasteiger partial charge in [-0.1, -0.05) is 68.3 Å². The summed E-state index contributed by atoms with van der Waals surface area (Å²) in [6.45, 7) is 15.2. The van der Waals surface area contributed by atoms with Gasteiger partial charge in [0.05, 0.1) is 8.07 Å². The van der Waals surface area contributed by atoms with E-state index in [0.29, 0.717) is 0 Å². The van der Waals surface area contributed by atoms with Crippen molar-refractivity contribution in [3.05, 3.63) is 54.2 Å². The van der Waals surface area contributed by atoms with Crippen molar-refractivity contribution in [2.24, 2.45) is 0 Å².